The van der Waals surface area contributed by atoms with E-state index in [4.69, 9.17) is 4.98 Å². The van der Waals surface area contributed by atoms with E-state index >= 15 is 0 Å². The molecule has 0 unspecified atom stereocenters. The van der Waals surface area contributed by atoms with E-state index in [-0.39, 0.29) is 5.41 Å². The first kappa shape index (κ1) is 38.7. The summed E-state index contributed by atoms with van der Waals surface area (Å²) in [7, 11) is 0. The molecule has 11 aromatic carbocycles. The second kappa shape index (κ2) is 14.7. The highest BCUT2D eigenvalue weighted by Crippen LogP contribution is 2.50. The minimum Gasteiger partial charge on any atom is -0.309 e. The fraction of sp³-hybridized carbons (Fsp3) is 0.0455. The van der Waals surface area contributed by atoms with E-state index in [0.29, 0.717) is 0 Å². The summed E-state index contributed by atoms with van der Waals surface area (Å²) in [5.41, 5.74) is 17.7. The van der Waals surface area contributed by atoms with Crippen molar-refractivity contribution >= 4 is 64.9 Å². The quantitative estimate of drug-likeness (QED) is 0.158. The van der Waals surface area contributed by atoms with Gasteiger partial charge in [0.15, 0.2) is 0 Å². The van der Waals surface area contributed by atoms with Crippen LogP contribution in [0.3, 0.4) is 0 Å². The van der Waals surface area contributed by atoms with Crippen LogP contribution in [0.2, 0.25) is 0 Å². The van der Waals surface area contributed by atoms with Gasteiger partial charge in [0.05, 0.1) is 28.1 Å². The van der Waals surface area contributed by atoms with Crippen LogP contribution < -0.4 is 0 Å². The summed E-state index contributed by atoms with van der Waals surface area (Å²) >= 11 is 0. The van der Waals surface area contributed by atoms with Gasteiger partial charge in [0, 0.05) is 27.3 Å². The molecule has 318 valence electrons. The molecule has 13 aromatic rings. The Morgan fingerprint density at radius 1 is 0.309 bits per heavy atom. The van der Waals surface area contributed by atoms with Crippen LogP contribution in [0.15, 0.2) is 231 Å². The van der Waals surface area contributed by atoms with Crippen LogP contribution in [-0.4, -0.2) is 9.55 Å². The second-order valence-corrected chi connectivity index (χ2v) is 19.1. The van der Waals surface area contributed by atoms with E-state index in [1.807, 2.05) is 0 Å². The molecule has 68 heavy (non-hydrogen) atoms. The third kappa shape index (κ3) is 5.80. The van der Waals surface area contributed by atoms with E-state index in [0.717, 1.165) is 39.2 Å². The zero-order valence-corrected chi connectivity index (χ0v) is 37.8. The summed E-state index contributed by atoms with van der Waals surface area (Å²) < 4.78 is 2.48. The van der Waals surface area contributed by atoms with E-state index in [1.54, 1.807) is 0 Å². The third-order valence-electron chi connectivity index (χ3n) is 14.9. The zero-order valence-electron chi connectivity index (χ0n) is 37.8. The van der Waals surface area contributed by atoms with Crippen LogP contribution in [0.5, 0.6) is 0 Å². The minimum atomic E-state index is -0.0382. The number of benzene rings is 11. The van der Waals surface area contributed by atoms with Gasteiger partial charge in [-0.1, -0.05) is 196 Å². The van der Waals surface area contributed by atoms with Gasteiger partial charge in [-0.05, 0) is 136 Å². The lowest BCUT2D eigenvalue weighted by atomic mass is 9.82. The van der Waals surface area contributed by atoms with Gasteiger partial charge >= 0.3 is 0 Å². The van der Waals surface area contributed by atoms with Crippen molar-refractivity contribution in [2.24, 2.45) is 0 Å². The van der Waals surface area contributed by atoms with Crippen LogP contribution in [-0.2, 0) is 5.41 Å². The molecule has 0 spiro atoms. The number of aromatic nitrogens is 2. The summed E-state index contributed by atoms with van der Waals surface area (Å²) in [5.74, 6) is 0. The Balaban J connectivity index is 1.07. The zero-order chi connectivity index (χ0) is 45.1. The topological polar surface area (TPSA) is 17.8 Å². The molecule has 1 aliphatic rings. The Morgan fingerprint density at radius 2 is 0.838 bits per heavy atom. The lowest BCUT2D eigenvalue weighted by Crippen LogP contribution is -2.14. The lowest BCUT2D eigenvalue weighted by Gasteiger charge is -2.21. The predicted molar refractivity (Wildman–Crippen MR) is 288 cm³/mol. The van der Waals surface area contributed by atoms with Gasteiger partial charge < -0.3 is 4.57 Å². The van der Waals surface area contributed by atoms with Gasteiger partial charge in [0.25, 0.3) is 0 Å². The van der Waals surface area contributed by atoms with E-state index in [1.165, 1.54) is 98.4 Å². The number of hydrogen-bond acceptors (Lipinski definition) is 1. The molecule has 0 saturated heterocycles. The number of pyridine rings is 1. The van der Waals surface area contributed by atoms with Crippen molar-refractivity contribution in [2.75, 3.05) is 0 Å². The number of nitrogens with zero attached hydrogens (tertiary/aromatic N) is 2. The molecule has 1 aliphatic carbocycles. The SMILES string of the molecule is CC1(C)c2ccccc2-c2cc(-c3ccc4c5ccccc5c5cc6c(cc5c4c3)c3cc(-c4cccc5ccccc45)ccc3n6-c3cc(-c4ccccc4)nc(-c4ccccc4)c3)ccc21. The molecule has 14 rings (SSSR count). The lowest BCUT2D eigenvalue weighted by molar-refractivity contribution is 0.660. The molecule has 0 N–H and O–H groups in total. The maximum atomic E-state index is 5.31. The molecule has 0 bridgehead atoms. The smallest absolute Gasteiger partial charge is 0.0730 e. The van der Waals surface area contributed by atoms with Crippen molar-refractivity contribution in [3.63, 3.8) is 0 Å². The second-order valence-electron chi connectivity index (χ2n) is 19.1. The first-order chi connectivity index (χ1) is 33.5. The first-order valence-corrected chi connectivity index (χ1v) is 23.7. The van der Waals surface area contributed by atoms with Crippen LogP contribution in [0.25, 0.3) is 126 Å². The molecule has 0 amide bonds. The van der Waals surface area contributed by atoms with E-state index < -0.39 is 0 Å². The van der Waals surface area contributed by atoms with Crippen LogP contribution >= 0.6 is 0 Å². The van der Waals surface area contributed by atoms with Crippen LogP contribution in [0.1, 0.15) is 25.0 Å². The predicted octanol–water partition coefficient (Wildman–Crippen LogP) is 17.8. The molecule has 0 saturated carbocycles. The van der Waals surface area contributed by atoms with Crippen molar-refractivity contribution in [1.82, 2.24) is 9.55 Å². The van der Waals surface area contributed by atoms with E-state index in [2.05, 4.69) is 249 Å². The Bertz CT molecular complexity index is 4150. The molecule has 0 fully saturated rings. The molecule has 0 radical (unpaired) electrons. The minimum absolute atomic E-state index is 0.0382. The fourth-order valence-electron chi connectivity index (χ4n) is 11.6. The molecule has 0 atom stereocenters. The largest absolute Gasteiger partial charge is 0.309 e. The summed E-state index contributed by atoms with van der Waals surface area (Å²) in [6.07, 6.45) is 0. The fourth-order valence-corrected chi connectivity index (χ4v) is 11.6. The summed E-state index contributed by atoms with van der Waals surface area (Å²) in [4.78, 5) is 5.31. The average molecular weight is 865 g/mol. The first-order valence-electron chi connectivity index (χ1n) is 23.7. The number of fused-ring (bicyclic) bond motifs is 13. The van der Waals surface area contributed by atoms with Gasteiger partial charge in [-0.25, -0.2) is 4.98 Å². The average Bonchev–Trinajstić information content (AvgIpc) is 3.84. The normalized spacial score (nSPS) is 13.0. The van der Waals surface area contributed by atoms with Gasteiger partial charge in [0.2, 0.25) is 0 Å². The molecule has 2 heteroatoms. The Kier molecular flexibility index (Phi) is 8.36. The van der Waals surface area contributed by atoms with Crippen LogP contribution in [0.4, 0.5) is 0 Å². The van der Waals surface area contributed by atoms with Crippen molar-refractivity contribution in [2.45, 2.75) is 19.3 Å². The van der Waals surface area contributed by atoms with Crippen molar-refractivity contribution < 1.29 is 0 Å². The van der Waals surface area contributed by atoms with Gasteiger partial charge in [-0.3, -0.25) is 0 Å². The van der Waals surface area contributed by atoms with Crippen molar-refractivity contribution in [1.29, 1.82) is 0 Å². The Labute approximate surface area is 395 Å². The maximum Gasteiger partial charge on any atom is 0.0730 e. The highest BCUT2D eigenvalue weighted by atomic mass is 15.0. The van der Waals surface area contributed by atoms with Gasteiger partial charge in [-0.15, -0.1) is 0 Å². The van der Waals surface area contributed by atoms with Gasteiger partial charge in [0.1, 0.15) is 0 Å². The number of rotatable bonds is 5. The third-order valence-corrected chi connectivity index (χ3v) is 14.9. The molecule has 2 heterocycles. The Hall–Kier alpha value is -8.59. The molecular weight excluding hydrogens is 821 g/mol. The monoisotopic (exact) mass is 864 g/mol. The molecule has 0 aliphatic heterocycles. The maximum absolute atomic E-state index is 5.31. The highest BCUT2D eigenvalue weighted by Gasteiger charge is 2.35. The number of hydrogen-bond donors (Lipinski definition) is 0. The summed E-state index contributed by atoms with van der Waals surface area (Å²) in [5, 5.41) is 12.4. The summed E-state index contributed by atoms with van der Waals surface area (Å²) in [6, 6.07) is 85.2. The van der Waals surface area contributed by atoms with Crippen molar-refractivity contribution in [3.8, 4) is 61.6 Å². The van der Waals surface area contributed by atoms with E-state index in [9.17, 15) is 0 Å². The molecule has 2 aromatic heterocycles. The van der Waals surface area contributed by atoms with Crippen LogP contribution in [0, 0.1) is 0 Å². The Morgan fingerprint density at radius 3 is 1.62 bits per heavy atom. The molecule has 2 nitrogen and oxygen atoms in total. The molecular formula is C66H44N2. The summed E-state index contributed by atoms with van der Waals surface area (Å²) in [6.45, 7) is 4.71. The van der Waals surface area contributed by atoms with Gasteiger partial charge in [-0.2, -0.15) is 0 Å². The van der Waals surface area contributed by atoms with Crippen molar-refractivity contribution in [3.05, 3.63) is 242 Å². The highest BCUT2D eigenvalue weighted by molar-refractivity contribution is 6.29. The standard InChI is InChI=1S/C66H44N2/c1-66(2)60-27-14-13-25-53(60)57-35-45(29-32-61(57)66)44-28-31-52-50-23-11-12-24-51(50)56-40-65-59(39-55(56)54(52)34-44)58-36-46(49-26-15-21-41-16-9-10-22-48(41)49)30-33-64(58)68(65)47-37-62(42-17-5-3-6-18-42)67-63(38-47)43-19-7-4-8-20-43/h3-40H,1-2H3.